The Morgan fingerprint density at radius 2 is 2.05 bits per heavy atom. The van der Waals surface area contributed by atoms with Gasteiger partial charge in [-0.2, -0.15) is 0 Å². The lowest BCUT2D eigenvalue weighted by Crippen LogP contribution is -2.25. The average Bonchev–Trinajstić information content (AvgIpc) is 2.28. The molecule has 104 valence electrons. The first-order chi connectivity index (χ1) is 8.81. The monoisotopic (exact) mass is 324 g/mol. The predicted octanol–water partition coefficient (Wildman–Crippen LogP) is 2.76. The predicted molar refractivity (Wildman–Crippen MR) is 73.1 cm³/mol. The van der Waals surface area contributed by atoms with Crippen molar-refractivity contribution in [2.24, 2.45) is 0 Å². The molecule has 0 aliphatic heterocycles. The summed E-state index contributed by atoms with van der Waals surface area (Å²) in [5, 5.41) is 10.1. The normalized spacial score (nSPS) is 11.3. The first-order valence-corrected chi connectivity index (χ1v) is 7.28. The number of nitrogens with zero attached hydrogens (tertiary/aromatic N) is 1. The van der Waals surface area contributed by atoms with Crippen LogP contribution in [-0.2, 0) is 10.0 Å². The lowest BCUT2D eigenvalue weighted by Gasteiger charge is -2.08. The van der Waals surface area contributed by atoms with Gasteiger partial charge in [-0.25, -0.2) is 13.1 Å². The van der Waals surface area contributed by atoms with Crippen LogP contribution in [0.3, 0.4) is 0 Å². The van der Waals surface area contributed by atoms with Crippen molar-refractivity contribution in [2.45, 2.75) is 11.3 Å². The molecule has 0 amide bonds. The van der Waals surface area contributed by atoms with Crippen molar-refractivity contribution in [2.75, 3.05) is 6.54 Å². The molecule has 0 saturated carbocycles. The van der Waals surface area contributed by atoms with Crippen LogP contribution in [0.1, 0.15) is 6.42 Å². The van der Waals surface area contributed by atoms with Crippen molar-refractivity contribution in [3.05, 3.63) is 44.9 Å². The maximum absolute atomic E-state index is 11.9. The molecule has 9 heteroatoms. The molecule has 6 nitrogen and oxygen atoms in total. The summed E-state index contributed by atoms with van der Waals surface area (Å²) < 4.78 is 26.1. The van der Waals surface area contributed by atoms with E-state index in [1.165, 1.54) is 6.08 Å². The molecule has 1 N–H and O–H groups in total. The minimum absolute atomic E-state index is 0.124. The molecule has 0 fully saturated rings. The van der Waals surface area contributed by atoms with Gasteiger partial charge < -0.3 is 0 Å². The molecule has 0 radical (unpaired) electrons. The van der Waals surface area contributed by atoms with Crippen LogP contribution < -0.4 is 4.72 Å². The minimum Gasteiger partial charge on any atom is -0.258 e. The quantitative estimate of drug-likeness (QED) is 0.377. The van der Waals surface area contributed by atoms with E-state index in [2.05, 4.69) is 11.3 Å². The van der Waals surface area contributed by atoms with E-state index in [-0.39, 0.29) is 16.5 Å². The Morgan fingerprint density at radius 1 is 1.42 bits per heavy atom. The molecule has 1 aromatic rings. The number of benzene rings is 1. The summed E-state index contributed by atoms with van der Waals surface area (Å²) in [7, 11) is -3.93. The zero-order valence-corrected chi connectivity index (χ0v) is 11.9. The lowest BCUT2D eigenvalue weighted by atomic mass is 10.3. The van der Waals surface area contributed by atoms with Gasteiger partial charge in [0, 0.05) is 6.54 Å². The van der Waals surface area contributed by atoms with Crippen LogP contribution in [0.15, 0.2) is 29.7 Å². The Kier molecular flexibility index (Phi) is 5.30. The molecule has 0 heterocycles. The van der Waals surface area contributed by atoms with Crippen LogP contribution in [-0.4, -0.2) is 19.9 Å². The third kappa shape index (κ3) is 3.66. The topological polar surface area (TPSA) is 89.3 Å². The summed E-state index contributed by atoms with van der Waals surface area (Å²) in [5.74, 6) is 0. The second kappa shape index (κ2) is 6.33. The van der Waals surface area contributed by atoms with Crippen LogP contribution in [0.4, 0.5) is 5.69 Å². The SMILES string of the molecule is C=CCCNS(=O)(=O)c1ccc(Cl)c([N+](=O)[O-])c1Cl. The van der Waals surface area contributed by atoms with Gasteiger partial charge in [0.05, 0.1) is 4.92 Å². The maximum atomic E-state index is 11.9. The van der Waals surface area contributed by atoms with Crippen molar-refractivity contribution in [3.8, 4) is 0 Å². The Morgan fingerprint density at radius 3 is 2.58 bits per heavy atom. The molecule has 0 aromatic heterocycles. The third-order valence-electron chi connectivity index (χ3n) is 2.14. The van der Waals surface area contributed by atoms with Gasteiger partial charge in [0.2, 0.25) is 10.0 Å². The summed E-state index contributed by atoms with van der Waals surface area (Å²) in [5.41, 5.74) is -0.630. The molecular formula is C10H10Cl2N2O4S. The van der Waals surface area contributed by atoms with Crippen molar-refractivity contribution in [1.29, 1.82) is 0 Å². The highest BCUT2D eigenvalue weighted by Gasteiger charge is 2.27. The Bertz CT molecular complexity index is 616. The fourth-order valence-electron chi connectivity index (χ4n) is 1.27. The fourth-order valence-corrected chi connectivity index (χ4v) is 3.21. The molecule has 0 spiro atoms. The smallest absolute Gasteiger partial charge is 0.258 e. The van der Waals surface area contributed by atoms with Gasteiger partial charge in [0.25, 0.3) is 0 Å². The molecule has 0 unspecified atom stereocenters. The first kappa shape index (κ1) is 15.9. The molecule has 0 saturated heterocycles. The van der Waals surface area contributed by atoms with E-state index in [4.69, 9.17) is 23.2 Å². The van der Waals surface area contributed by atoms with E-state index in [9.17, 15) is 18.5 Å². The summed E-state index contributed by atoms with van der Waals surface area (Å²) in [6.45, 7) is 3.58. The first-order valence-electron chi connectivity index (χ1n) is 5.04. The number of halogens is 2. The lowest BCUT2D eigenvalue weighted by molar-refractivity contribution is -0.384. The highest BCUT2D eigenvalue weighted by atomic mass is 35.5. The van der Waals surface area contributed by atoms with Crippen LogP contribution >= 0.6 is 23.2 Å². The summed E-state index contributed by atoms with van der Waals surface area (Å²) in [6.07, 6.45) is 1.96. The highest BCUT2D eigenvalue weighted by Crippen LogP contribution is 2.36. The summed E-state index contributed by atoms with van der Waals surface area (Å²) in [4.78, 5) is 9.58. The standard InChI is InChI=1S/C10H10Cl2N2O4S/c1-2-3-6-13-19(17,18)8-5-4-7(11)10(9(8)12)14(15)16/h2,4-5,13H,1,3,6H2. The Labute approximate surface area is 120 Å². The van der Waals surface area contributed by atoms with E-state index in [0.717, 1.165) is 12.1 Å². The number of nitrogens with one attached hydrogen (secondary N) is 1. The number of rotatable bonds is 6. The van der Waals surface area contributed by atoms with Crippen LogP contribution in [0.5, 0.6) is 0 Å². The van der Waals surface area contributed by atoms with Crippen molar-refractivity contribution < 1.29 is 13.3 Å². The van der Waals surface area contributed by atoms with Gasteiger partial charge >= 0.3 is 5.69 Å². The molecular weight excluding hydrogens is 315 g/mol. The molecule has 0 aliphatic carbocycles. The van der Waals surface area contributed by atoms with Crippen molar-refractivity contribution >= 4 is 38.9 Å². The second-order valence-corrected chi connectivity index (χ2v) is 5.96. The minimum atomic E-state index is -3.93. The molecule has 1 rings (SSSR count). The molecule has 0 aliphatic rings. The third-order valence-corrected chi connectivity index (χ3v) is 4.45. The average molecular weight is 325 g/mol. The highest BCUT2D eigenvalue weighted by molar-refractivity contribution is 7.89. The molecule has 19 heavy (non-hydrogen) atoms. The van der Waals surface area contributed by atoms with Crippen LogP contribution in [0, 0.1) is 10.1 Å². The Balaban J connectivity index is 3.25. The van der Waals surface area contributed by atoms with Gasteiger partial charge in [-0.05, 0) is 18.6 Å². The fraction of sp³-hybridized carbons (Fsp3) is 0.200. The number of nitro benzene ring substituents is 1. The number of hydrogen-bond donors (Lipinski definition) is 1. The molecule has 0 bridgehead atoms. The number of sulfonamides is 1. The van der Waals surface area contributed by atoms with E-state index >= 15 is 0 Å². The number of nitro groups is 1. The van der Waals surface area contributed by atoms with E-state index in [1.54, 1.807) is 0 Å². The van der Waals surface area contributed by atoms with Gasteiger partial charge in [-0.1, -0.05) is 29.3 Å². The van der Waals surface area contributed by atoms with Crippen LogP contribution in [0.2, 0.25) is 10.0 Å². The van der Waals surface area contributed by atoms with E-state index in [0.29, 0.717) is 6.42 Å². The summed E-state index contributed by atoms with van der Waals surface area (Å²) >= 11 is 11.4. The maximum Gasteiger partial charge on any atom is 0.307 e. The molecule has 1 aromatic carbocycles. The van der Waals surface area contributed by atoms with Crippen molar-refractivity contribution in [1.82, 2.24) is 4.72 Å². The van der Waals surface area contributed by atoms with Gasteiger partial charge in [0.15, 0.2) is 0 Å². The number of hydrogen-bond acceptors (Lipinski definition) is 4. The summed E-state index contributed by atoms with van der Waals surface area (Å²) in [6, 6.07) is 2.24. The van der Waals surface area contributed by atoms with E-state index in [1.807, 2.05) is 0 Å². The zero-order valence-electron chi connectivity index (χ0n) is 9.60. The van der Waals surface area contributed by atoms with Crippen LogP contribution in [0.25, 0.3) is 0 Å². The zero-order chi connectivity index (χ0) is 14.6. The van der Waals surface area contributed by atoms with Gasteiger partial charge in [-0.15, -0.1) is 6.58 Å². The molecule has 0 atom stereocenters. The van der Waals surface area contributed by atoms with Gasteiger partial charge in [0.1, 0.15) is 14.9 Å². The van der Waals surface area contributed by atoms with E-state index < -0.39 is 25.7 Å². The Hall–Kier alpha value is -1.15. The van der Waals surface area contributed by atoms with Gasteiger partial charge in [-0.3, -0.25) is 10.1 Å². The second-order valence-electron chi connectivity index (χ2n) is 3.44. The largest absolute Gasteiger partial charge is 0.307 e. The van der Waals surface area contributed by atoms with Crippen molar-refractivity contribution in [3.63, 3.8) is 0 Å².